The number of benzene rings is 2. The molecule has 26 heavy (non-hydrogen) atoms. The fourth-order valence-electron chi connectivity index (χ4n) is 2.61. The lowest BCUT2D eigenvalue weighted by Gasteiger charge is -2.17. The van der Waals surface area contributed by atoms with E-state index in [2.05, 4.69) is 5.32 Å². The quantitative estimate of drug-likeness (QED) is 0.649. The van der Waals surface area contributed by atoms with Crippen LogP contribution >= 0.6 is 0 Å². The highest BCUT2D eigenvalue weighted by Crippen LogP contribution is 2.19. The fourth-order valence-corrected chi connectivity index (χ4v) is 2.61. The van der Waals surface area contributed by atoms with Crippen LogP contribution in [0.5, 0.6) is 11.5 Å². The van der Waals surface area contributed by atoms with Gasteiger partial charge in [-0.15, -0.1) is 0 Å². The smallest absolute Gasteiger partial charge is 0.261 e. The molecule has 0 bridgehead atoms. The van der Waals surface area contributed by atoms with Crippen LogP contribution in [0, 0.1) is 5.82 Å². The molecule has 0 aliphatic heterocycles. The van der Waals surface area contributed by atoms with Crippen LogP contribution in [0.15, 0.2) is 48.5 Å². The first-order chi connectivity index (χ1) is 12.6. The van der Waals surface area contributed by atoms with E-state index in [0.717, 1.165) is 24.2 Å². The summed E-state index contributed by atoms with van der Waals surface area (Å²) in [5.41, 5.74) is 1.14. The predicted molar refractivity (Wildman–Crippen MR) is 100 cm³/mol. The Morgan fingerprint density at radius 1 is 1.12 bits per heavy atom. The van der Waals surface area contributed by atoms with Gasteiger partial charge in [-0.05, 0) is 62.1 Å². The number of para-hydroxylation sites is 1. The SMILES string of the molecule is CCOc1ccccc1CCCNC(=O)[C@H](CC)Oc1ccc(F)cc1. The molecule has 0 aliphatic carbocycles. The Hall–Kier alpha value is -2.56. The molecule has 1 amide bonds. The van der Waals surface area contributed by atoms with Crippen molar-refractivity contribution in [2.24, 2.45) is 0 Å². The third-order valence-electron chi connectivity index (χ3n) is 3.95. The normalized spacial score (nSPS) is 11.7. The van der Waals surface area contributed by atoms with Crippen molar-refractivity contribution in [3.05, 3.63) is 59.9 Å². The van der Waals surface area contributed by atoms with Crippen molar-refractivity contribution in [2.75, 3.05) is 13.2 Å². The van der Waals surface area contributed by atoms with Crippen molar-refractivity contribution >= 4 is 5.91 Å². The number of halogens is 1. The first kappa shape index (κ1) is 19.8. The molecule has 2 aromatic rings. The summed E-state index contributed by atoms with van der Waals surface area (Å²) in [4.78, 5) is 12.3. The molecule has 0 aromatic heterocycles. The first-order valence-corrected chi connectivity index (χ1v) is 9.04. The maximum absolute atomic E-state index is 12.9. The summed E-state index contributed by atoms with van der Waals surface area (Å²) >= 11 is 0. The van der Waals surface area contributed by atoms with Gasteiger partial charge in [-0.2, -0.15) is 0 Å². The molecular formula is C21H26FNO3. The number of carbonyl (C=O) groups excluding carboxylic acids is 1. The summed E-state index contributed by atoms with van der Waals surface area (Å²) in [6, 6.07) is 13.6. The maximum atomic E-state index is 12.9. The first-order valence-electron chi connectivity index (χ1n) is 9.04. The molecule has 0 saturated carbocycles. The van der Waals surface area contributed by atoms with Gasteiger partial charge in [0.05, 0.1) is 6.61 Å². The van der Waals surface area contributed by atoms with Gasteiger partial charge >= 0.3 is 0 Å². The Morgan fingerprint density at radius 3 is 2.54 bits per heavy atom. The van der Waals surface area contributed by atoms with Crippen LogP contribution < -0.4 is 14.8 Å². The van der Waals surface area contributed by atoms with Crippen molar-refractivity contribution in [3.63, 3.8) is 0 Å². The predicted octanol–water partition coefficient (Wildman–Crippen LogP) is 4.13. The van der Waals surface area contributed by atoms with Crippen molar-refractivity contribution in [2.45, 2.75) is 39.2 Å². The van der Waals surface area contributed by atoms with E-state index in [1.807, 2.05) is 38.1 Å². The van der Waals surface area contributed by atoms with Crippen molar-refractivity contribution in [1.29, 1.82) is 0 Å². The minimum atomic E-state index is -0.587. The topological polar surface area (TPSA) is 47.6 Å². The third-order valence-corrected chi connectivity index (χ3v) is 3.95. The molecule has 4 nitrogen and oxygen atoms in total. The van der Waals surface area contributed by atoms with E-state index >= 15 is 0 Å². The molecule has 1 atom stereocenters. The molecule has 0 saturated heterocycles. The Kier molecular flexibility index (Phi) is 7.93. The second kappa shape index (κ2) is 10.4. The highest BCUT2D eigenvalue weighted by atomic mass is 19.1. The second-order valence-corrected chi connectivity index (χ2v) is 5.90. The zero-order chi connectivity index (χ0) is 18.8. The minimum absolute atomic E-state index is 0.157. The number of hydrogen-bond donors (Lipinski definition) is 1. The monoisotopic (exact) mass is 359 g/mol. The summed E-state index contributed by atoms with van der Waals surface area (Å²) in [5.74, 6) is 0.892. The van der Waals surface area contributed by atoms with Gasteiger partial charge in [0.15, 0.2) is 6.10 Å². The van der Waals surface area contributed by atoms with Crippen molar-refractivity contribution in [1.82, 2.24) is 5.32 Å². The van der Waals surface area contributed by atoms with Gasteiger partial charge in [-0.25, -0.2) is 4.39 Å². The number of carbonyl (C=O) groups is 1. The highest BCUT2D eigenvalue weighted by molar-refractivity contribution is 5.81. The Bertz CT molecular complexity index is 688. The molecule has 0 heterocycles. The van der Waals surface area contributed by atoms with Crippen LogP contribution in [0.3, 0.4) is 0 Å². The zero-order valence-corrected chi connectivity index (χ0v) is 15.3. The van der Waals surface area contributed by atoms with Gasteiger partial charge in [0.1, 0.15) is 17.3 Å². The van der Waals surface area contributed by atoms with E-state index in [1.165, 1.54) is 24.3 Å². The molecule has 0 aliphatic rings. The van der Waals surface area contributed by atoms with Crippen LogP contribution in [0.1, 0.15) is 32.3 Å². The average Bonchev–Trinajstić information content (AvgIpc) is 2.66. The lowest BCUT2D eigenvalue weighted by Crippen LogP contribution is -2.38. The minimum Gasteiger partial charge on any atom is -0.494 e. The summed E-state index contributed by atoms with van der Waals surface area (Å²) < 4.78 is 24.2. The molecule has 0 radical (unpaired) electrons. The number of amides is 1. The molecule has 2 rings (SSSR count). The molecular weight excluding hydrogens is 333 g/mol. The van der Waals surface area contributed by atoms with Gasteiger partial charge < -0.3 is 14.8 Å². The van der Waals surface area contributed by atoms with E-state index in [9.17, 15) is 9.18 Å². The van der Waals surface area contributed by atoms with E-state index in [4.69, 9.17) is 9.47 Å². The Labute approximate surface area is 154 Å². The van der Waals surface area contributed by atoms with E-state index in [0.29, 0.717) is 25.3 Å². The Morgan fingerprint density at radius 2 is 1.85 bits per heavy atom. The van der Waals surface area contributed by atoms with E-state index in [-0.39, 0.29) is 11.7 Å². The maximum Gasteiger partial charge on any atom is 0.261 e. The molecule has 0 spiro atoms. The number of aryl methyl sites for hydroxylation is 1. The molecule has 0 fully saturated rings. The van der Waals surface area contributed by atoms with Crippen LogP contribution in [0.4, 0.5) is 4.39 Å². The van der Waals surface area contributed by atoms with Gasteiger partial charge in [-0.3, -0.25) is 4.79 Å². The molecule has 140 valence electrons. The number of nitrogens with one attached hydrogen (secondary N) is 1. The standard InChI is InChI=1S/C21H26FNO3/c1-3-19(26-18-13-11-17(22)12-14-18)21(24)23-15-7-9-16-8-5-6-10-20(16)25-4-2/h5-6,8,10-14,19H,3-4,7,9,15H2,1-2H3,(H,23,24)/t19-/m0/s1. The van der Waals surface area contributed by atoms with Crippen molar-refractivity contribution < 1.29 is 18.7 Å². The average molecular weight is 359 g/mol. The van der Waals surface area contributed by atoms with Gasteiger partial charge in [0.2, 0.25) is 0 Å². The summed E-state index contributed by atoms with van der Waals surface area (Å²) in [6.07, 6.45) is 1.59. The van der Waals surface area contributed by atoms with Gasteiger partial charge in [0.25, 0.3) is 5.91 Å². The molecule has 0 unspecified atom stereocenters. The van der Waals surface area contributed by atoms with E-state index in [1.54, 1.807) is 0 Å². The van der Waals surface area contributed by atoms with Crippen LogP contribution in [-0.2, 0) is 11.2 Å². The lowest BCUT2D eigenvalue weighted by molar-refractivity contribution is -0.128. The molecule has 5 heteroatoms. The molecule has 1 N–H and O–H groups in total. The van der Waals surface area contributed by atoms with Gasteiger partial charge in [0, 0.05) is 6.54 Å². The van der Waals surface area contributed by atoms with Gasteiger partial charge in [-0.1, -0.05) is 25.1 Å². The number of hydrogen-bond acceptors (Lipinski definition) is 3. The summed E-state index contributed by atoms with van der Waals surface area (Å²) in [7, 11) is 0. The summed E-state index contributed by atoms with van der Waals surface area (Å²) in [6.45, 7) is 5.03. The van der Waals surface area contributed by atoms with Crippen molar-refractivity contribution in [3.8, 4) is 11.5 Å². The Balaban J connectivity index is 1.79. The lowest BCUT2D eigenvalue weighted by atomic mass is 10.1. The molecule has 2 aromatic carbocycles. The van der Waals surface area contributed by atoms with E-state index < -0.39 is 6.10 Å². The number of rotatable bonds is 10. The highest BCUT2D eigenvalue weighted by Gasteiger charge is 2.17. The van der Waals surface area contributed by atoms with Crippen LogP contribution in [0.25, 0.3) is 0 Å². The zero-order valence-electron chi connectivity index (χ0n) is 15.3. The largest absolute Gasteiger partial charge is 0.494 e. The third kappa shape index (κ3) is 6.06. The fraction of sp³-hybridized carbons (Fsp3) is 0.381. The van der Waals surface area contributed by atoms with Crippen LogP contribution in [-0.4, -0.2) is 25.2 Å². The second-order valence-electron chi connectivity index (χ2n) is 5.90. The van der Waals surface area contributed by atoms with Crippen LogP contribution in [0.2, 0.25) is 0 Å². The summed E-state index contributed by atoms with van der Waals surface area (Å²) in [5, 5.41) is 2.91. The number of ether oxygens (including phenoxy) is 2.